The molecule has 2 atom stereocenters. The molecule has 0 unspecified atom stereocenters. The molecule has 11 heteroatoms. The molecule has 2 N–H and O–H groups in total. The number of benzene rings is 4. The molecule has 2 aliphatic heterocycles. The summed E-state index contributed by atoms with van der Waals surface area (Å²) in [6.45, 7) is 10.5. The van der Waals surface area contributed by atoms with Crippen molar-refractivity contribution >= 4 is 9.84 Å². The summed E-state index contributed by atoms with van der Waals surface area (Å²) >= 11 is 0. The number of hydrogen-bond acceptors (Lipinski definition) is 10. The van der Waals surface area contributed by atoms with Crippen molar-refractivity contribution in [2.45, 2.75) is 35.1 Å². The smallest absolute Gasteiger partial charge is 0.206 e. The van der Waals surface area contributed by atoms with Gasteiger partial charge in [-0.1, -0.05) is 60.7 Å². The van der Waals surface area contributed by atoms with Gasteiger partial charge in [-0.15, -0.1) is 0 Å². The van der Waals surface area contributed by atoms with Crippen LogP contribution >= 0.6 is 0 Å². The zero-order valence-electron chi connectivity index (χ0n) is 29.2. The molecule has 6 rings (SSSR count). The summed E-state index contributed by atoms with van der Waals surface area (Å²) in [6.07, 6.45) is -1.31. The summed E-state index contributed by atoms with van der Waals surface area (Å²) < 4.78 is 38.2. The van der Waals surface area contributed by atoms with Crippen molar-refractivity contribution in [3.8, 4) is 11.5 Å². The number of piperazine rings is 2. The summed E-state index contributed by atoms with van der Waals surface area (Å²) in [5, 5.41) is 21.2. The van der Waals surface area contributed by atoms with Crippen LogP contribution in [0.3, 0.4) is 0 Å². The summed E-state index contributed by atoms with van der Waals surface area (Å²) in [4.78, 5) is 9.65. The van der Waals surface area contributed by atoms with Gasteiger partial charge in [-0.05, 0) is 59.7 Å². The van der Waals surface area contributed by atoms with Crippen LogP contribution in [0.5, 0.6) is 11.5 Å². The second-order valence-electron chi connectivity index (χ2n) is 13.5. The highest BCUT2D eigenvalue weighted by atomic mass is 32.2. The highest BCUT2D eigenvalue weighted by Gasteiger charge is 2.22. The highest BCUT2D eigenvalue weighted by molar-refractivity contribution is 7.91. The monoisotopic (exact) mass is 714 g/mol. The van der Waals surface area contributed by atoms with Crippen LogP contribution < -0.4 is 9.47 Å². The number of β-amino-alcohol motifs (C(OH)–C–C–N with tert-alkyl or cyclic N) is 2. The molecule has 0 radical (unpaired) electrons. The van der Waals surface area contributed by atoms with Gasteiger partial charge >= 0.3 is 0 Å². The first-order valence-corrected chi connectivity index (χ1v) is 19.3. The Kier molecular flexibility index (Phi) is 13.1. The van der Waals surface area contributed by atoms with Crippen LogP contribution in [0.1, 0.15) is 11.1 Å². The first kappa shape index (κ1) is 37.0. The average Bonchev–Trinajstić information content (AvgIpc) is 3.16. The number of sulfone groups is 1. The van der Waals surface area contributed by atoms with Crippen molar-refractivity contribution in [2.24, 2.45) is 0 Å². The molecule has 2 aliphatic rings. The van der Waals surface area contributed by atoms with E-state index >= 15 is 0 Å². The molecule has 0 bridgehead atoms. The Balaban J connectivity index is 0.886. The molecule has 0 spiro atoms. The van der Waals surface area contributed by atoms with E-state index in [9.17, 15) is 18.6 Å². The molecule has 0 aliphatic carbocycles. The molecule has 0 saturated carbocycles. The number of ether oxygens (including phenoxy) is 2. The van der Waals surface area contributed by atoms with Crippen molar-refractivity contribution in [1.82, 2.24) is 19.6 Å². The Morgan fingerprint density at radius 2 is 0.824 bits per heavy atom. The number of hydrogen-bond donors (Lipinski definition) is 2. The van der Waals surface area contributed by atoms with Crippen LogP contribution in [0, 0.1) is 0 Å². The Morgan fingerprint density at radius 3 is 1.18 bits per heavy atom. The maximum Gasteiger partial charge on any atom is 0.206 e. The first-order valence-electron chi connectivity index (χ1n) is 17.8. The lowest BCUT2D eigenvalue weighted by Gasteiger charge is -2.35. The predicted octanol–water partition coefficient (Wildman–Crippen LogP) is 3.63. The highest BCUT2D eigenvalue weighted by Crippen LogP contribution is 2.25. The minimum Gasteiger partial charge on any atom is -0.491 e. The van der Waals surface area contributed by atoms with Crippen LogP contribution in [-0.2, 0) is 22.9 Å². The molecule has 10 nitrogen and oxygen atoms in total. The lowest BCUT2D eigenvalue weighted by molar-refractivity contribution is 0.0445. The molecular weight excluding hydrogens is 665 g/mol. The van der Waals surface area contributed by atoms with E-state index in [0.29, 0.717) is 24.6 Å². The Morgan fingerprint density at radius 1 is 0.490 bits per heavy atom. The van der Waals surface area contributed by atoms with Gasteiger partial charge in [0.25, 0.3) is 0 Å². The zero-order valence-corrected chi connectivity index (χ0v) is 30.0. The van der Waals surface area contributed by atoms with E-state index in [2.05, 4.69) is 68.1 Å². The normalized spacial score (nSPS) is 17.9. The number of aliphatic hydroxyl groups is 2. The predicted molar refractivity (Wildman–Crippen MR) is 198 cm³/mol. The third kappa shape index (κ3) is 11.1. The fourth-order valence-corrected chi connectivity index (χ4v) is 7.86. The van der Waals surface area contributed by atoms with E-state index in [1.807, 2.05) is 12.1 Å². The van der Waals surface area contributed by atoms with Crippen LogP contribution in [0.15, 0.2) is 119 Å². The van der Waals surface area contributed by atoms with E-state index in [1.165, 1.54) is 35.4 Å². The molecule has 51 heavy (non-hydrogen) atoms. The maximum absolute atomic E-state index is 13.3. The quantitative estimate of drug-likeness (QED) is 0.179. The fourth-order valence-electron chi connectivity index (χ4n) is 6.60. The SMILES string of the molecule is O=S(=O)(c1ccc(OC[C@@H](O)CN2CCN(Cc3ccccc3)CC2)cc1)c1ccc(OC[C@H](O)CN2CCN(Cc3ccccc3)CC2)cc1. The number of aliphatic hydroxyl groups excluding tert-OH is 2. The van der Waals surface area contributed by atoms with Crippen molar-refractivity contribution < 1.29 is 28.1 Å². The van der Waals surface area contributed by atoms with Crippen LogP contribution in [-0.4, -0.2) is 129 Å². The average molecular weight is 715 g/mol. The number of rotatable bonds is 16. The van der Waals surface area contributed by atoms with E-state index in [0.717, 1.165) is 65.4 Å². The summed E-state index contributed by atoms with van der Waals surface area (Å²) in [5.74, 6) is 0.995. The van der Waals surface area contributed by atoms with Gasteiger partial charge in [-0.2, -0.15) is 0 Å². The summed E-state index contributed by atoms with van der Waals surface area (Å²) in [7, 11) is -3.75. The van der Waals surface area contributed by atoms with Gasteiger partial charge in [0.2, 0.25) is 9.84 Å². The van der Waals surface area contributed by atoms with Crippen LogP contribution in [0.2, 0.25) is 0 Å². The Labute approximate surface area is 302 Å². The molecule has 0 amide bonds. The molecule has 4 aromatic rings. The zero-order chi connectivity index (χ0) is 35.5. The van der Waals surface area contributed by atoms with Gasteiger partial charge in [-0.3, -0.25) is 19.6 Å². The van der Waals surface area contributed by atoms with Gasteiger partial charge in [0.05, 0.1) is 9.79 Å². The first-order chi connectivity index (χ1) is 24.8. The topological polar surface area (TPSA) is 106 Å². The van der Waals surface area contributed by atoms with Crippen molar-refractivity contribution in [3.05, 3.63) is 120 Å². The van der Waals surface area contributed by atoms with Crippen molar-refractivity contribution in [3.63, 3.8) is 0 Å². The van der Waals surface area contributed by atoms with Gasteiger partial charge in [0.1, 0.15) is 36.9 Å². The Hall–Kier alpha value is -3.81. The second kappa shape index (κ2) is 18.1. The maximum atomic E-state index is 13.3. The van der Waals surface area contributed by atoms with Gasteiger partial charge in [-0.25, -0.2) is 8.42 Å². The third-order valence-electron chi connectivity index (χ3n) is 9.52. The van der Waals surface area contributed by atoms with Crippen molar-refractivity contribution in [2.75, 3.05) is 78.7 Å². The Bertz CT molecular complexity index is 1590. The molecule has 2 saturated heterocycles. The third-order valence-corrected chi connectivity index (χ3v) is 11.3. The molecule has 2 heterocycles. The van der Waals surface area contributed by atoms with E-state index in [4.69, 9.17) is 9.47 Å². The molecule has 0 aromatic heterocycles. The largest absolute Gasteiger partial charge is 0.491 e. The lowest BCUT2D eigenvalue weighted by atomic mass is 10.2. The molecular formula is C40H50N4O6S. The fraction of sp³-hybridized carbons (Fsp3) is 0.400. The second-order valence-corrected chi connectivity index (χ2v) is 15.5. The minimum absolute atomic E-state index is 0.123. The summed E-state index contributed by atoms with van der Waals surface area (Å²) in [6, 6.07) is 33.4. The summed E-state index contributed by atoms with van der Waals surface area (Å²) in [5.41, 5.74) is 2.62. The van der Waals surface area contributed by atoms with Crippen molar-refractivity contribution in [1.29, 1.82) is 0 Å². The molecule has 4 aromatic carbocycles. The van der Waals surface area contributed by atoms with Gasteiger partial charge < -0.3 is 19.7 Å². The molecule has 2 fully saturated rings. The van der Waals surface area contributed by atoms with E-state index < -0.39 is 22.0 Å². The standard InChI is InChI=1S/C40H50N4O6S/c45-35(29-43-23-19-41(20-24-43)27-33-7-3-1-4-8-33)31-49-37-11-15-39(16-12-37)51(47,48)40-17-13-38(14-18-40)50-32-36(46)30-44-25-21-42(22-26-44)28-34-9-5-2-6-10-34/h1-18,35-36,45-46H,19-32H2/t35-,36+. The van der Waals surface area contributed by atoms with E-state index in [-0.39, 0.29) is 23.0 Å². The minimum atomic E-state index is -3.75. The number of nitrogens with zero attached hydrogens (tertiary/aromatic N) is 4. The lowest BCUT2D eigenvalue weighted by Crippen LogP contribution is -2.48. The molecule has 272 valence electrons. The van der Waals surface area contributed by atoms with Crippen LogP contribution in [0.4, 0.5) is 0 Å². The van der Waals surface area contributed by atoms with Crippen LogP contribution in [0.25, 0.3) is 0 Å². The van der Waals surface area contributed by atoms with E-state index in [1.54, 1.807) is 24.3 Å². The van der Waals surface area contributed by atoms with Gasteiger partial charge in [0.15, 0.2) is 0 Å². The van der Waals surface area contributed by atoms with Gasteiger partial charge in [0, 0.05) is 78.5 Å².